The summed E-state index contributed by atoms with van der Waals surface area (Å²) >= 11 is 0. The molecule has 1 aromatic heterocycles. The zero-order chi connectivity index (χ0) is 10.5. The van der Waals surface area contributed by atoms with Crippen LogP contribution in [-0.2, 0) is 6.42 Å². The van der Waals surface area contributed by atoms with Gasteiger partial charge in [-0.1, -0.05) is 0 Å². The van der Waals surface area contributed by atoms with Crippen molar-refractivity contribution in [1.82, 2.24) is 15.3 Å². The van der Waals surface area contributed by atoms with Gasteiger partial charge in [-0.3, -0.25) is 0 Å². The van der Waals surface area contributed by atoms with Crippen LogP contribution in [0.2, 0.25) is 0 Å². The molecule has 4 heteroatoms. The zero-order valence-corrected chi connectivity index (χ0v) is 9.08. The van der Waals surface area contributed by atoms with E-state index >= 15 is 0 Å². The van der Waals surface area contributed by atoms with Gasteiger partial charge in [0.25, 0.3) is 0 Å². The van der Waals surface area contributed by atoms with E-state index in [-0.39, 0.29) is 0 Å². The molecular formula is C11H20N4. The normalized spacial score (nSPS) is 26.7. The lowest BCUT2D eigenvalue weighted by Gasteiger charge is -2.26. The fourth-order valence-corrected chi connectivity index (χ4v) is 2.16. The highest BCUT2D eigenvalue weighted by atomic mass is 14.9. The van der Waals surface area contributed by atoms with E-state index in [4.69, 9.17) is 5.73 Å². The van der Waals surface area contributed by atoms with Gasteiger partial charge in [0, 0.05) is 36.9 Å². The van der Waals surface area contributed by atoms with E-state index in [0.717, 1.165) is 13.0 Å². The molecule has 0 bridgehead atoms. The molecule has 0 atom stereocenters. The first kappa shape index (κ1) is 10.6. The van der Waals surface area contributed by atoms with Gasteiger partial charge in [0.1, 0.15) is 0 Å². The average molecular weight is 208 g/mol. The Morgan fingerprint density at radius 2 is 2.20 bits per heavy atom. The predicted octanol–water partition coefficient (Wildman–Crippen LogP) is 0.812. The molecule has 0 aromatic carbocycles. The number of aromatic amines is 1. The third kappa shape index (κ3) is 3.32. The third-order valence-corrected chi connectivity index (χ3v) is 3.15. The number of H-pyrrole nitrogens is 1. The maximum atomic E-state index is 5.86. The number of hydrogen-bond acceptors (Lipinski definition) is 3. The van der Waals surface area contributed by atoms with Crippen molar-refractivity contribution in [3.63, 3.8) is 0 Å². The van der Waals surface area contributed by atoms with E-state index < -0.39 is 0 Å². The molecule has 4 N–H and O–H groups in total. The van der Waals surface area contributed by atoms with E-state index in [1.807, 2.05) is 6.20 Å². The molecule has 1 aliphatic rings. The first-order valence-electron chi connectivity index (χ1n) is 5.81. The predicted molar refractivity (Wildman–Crippen MR) is 60.5 cm³/mol. The summed E-state index contributed by atoms with van der Waals surface area (Å²) in [7, 11) is 0. The molecule has 1 saturated carbocycles. The van der Waals surface area contributed by atoms with Crippen LogP contribution in [0, 0.1) is 0 Å². The molecule has 1 aromatic rings. The van der Waals surface area contributed by atoms with Gasteiger partial charge in [-0.2, -0.15) is 0 Å². The highest BCUT2D eigenvalue weighted by molar-refractivity contribution is 4.94. The standard InChI is InChI=1S/C11H20N4/c12-9-1-3-10(4-2-9)14-6-5-11-7-13-8-15-11/h7-10,14H,1-6,12H2,(H,13,15). The summed E-state index contributed by atoms with van der Waals surface area (Å²) in [6, 6.07) is 1.11. The molecule has 0 saturated heterocycles. The first-order valence-corrected chi connectivity index (χ1v) is 5.81. The number of nitrogens with zero attached hydrogens (tertiary/aromatic N) is 1. The van der Waals surface area contributed by atoms with Gasteiger partial charge < -0.3 is 16.0 Å². The molecule has 0 spiro atoms. The second-order valence-electron chi connectivity index (χ2n) is 4.39. The molecule has 4 nitrogen and oxygen atoms in total. The number of nitrogens with one attached hydrogen (secondary N) is 2. The first-order chi connectivity index (χ1) is 7.34. The van der Waals surface area contributed by atoms with Crippen molar-refractivity contribution < 1.29 is 0 Å². The molecule has 1 heterocycles. The number of hydrogen-bond donors (Lipinski definition) is 3. The van der Waals surface area contributed by atoms with Crippen LogP contribution in [0.3, 0.4) is 0 Å². The number of aromatic nitrogens is 2. The van der Waals surface area contributed by atoms with Crippen LogP contribution in [0.4, 0.5) is 0 Å². The lowest BCUT2D eigenvalue weighted by Crippen LogP contribution is -2.38. The highest BCUT2D eigenvalue weighted by Gasteiger charge is 2.17. The number of nitrogens with two attached hydrogens (primary N) is 1. The van der Waals surface area contributed by atoms with Gasteiger partial charge in [0.2, 0.25) is 0 Å². The minimum Gasteiger partial charge on any atom is -0.348 e. The summed E-state index contributed by atoms with van der Waals surface area (Å²) in [5.41, 5.74) is 7.07. The Morgan fingerprint density at radius 1 is 1.40 bits per heavy atom. The van der Waals surface area contributed by atoms with Crippen molar-refractivity contribution in [3.05, 3.63) is 18.2 Å². The summed E-state index contributed by atoms with van der Waals surface area (Å²) in [5, 5.41) is 3.58. The monoisotopic (exact) mass is 208 g/mol. The van der Waals surface area contributed by atoms with E-state index in [9.17, 15) is 0 Å². The number of rotatable bonds is 4. The summed E-state index contributed by atoms with van der Waals surface area (Å²) in [4.78, 5) is 7.11. The third-order valence-electron chi connectivity index (χ3n) is 3.15. The van der Waals surface area contributed by atoms with Crippen molar-refractivity contribution in [3.8, 4) is 0 Å². The van der Waals surface area contributed by atoms with Crippen molar-refractivity contribution >= 4 is 0 Å². The van der Waals surface area contributed by atoms with Crippen LogP contribution in [0.15, 0.2) is 12.5 Å². The quantitative estimate of drug-likeness (QED) is 0.686. The summed E-state index contributed by atoms with van der Waals surface area (Å²) in [6.07, 6.45) is 9.44. The fraction of sp³-hybridized carbons (Fsp3) is 0.727. The van der Waals surface area contributed by atoms with Gasteiger partial charge in [0.15, 0.2) is 0 Å². The van der Waals surface area contributed by atoms with Gasteiger partial charge in [-0.05, 0) is 25.7 Å². The molecule has 2 rings (SSSR count). The van der Waals surface area contributed by atoms with Gasteiger partial charge >= 0.3 is 0 Å². The highest BCUT2D eigenvalue weighted by Crippen LogP contribution is 2.16. The molecule has 1 aliphatic carbocycles. The van der Waals surface area contributed by atoms with Crippen LogP contribution in [0.1, 0.15) is 31.4 Å². The number of imidazole rings is 1. The second kappa shape index (κ2) is 5.28. The van der Waals surface area contributed by atoms with Crippen LogP contribution in [-0.4, -0.2) is 28.6 Å². The smallest absolute Gasteiger partial charge is 0.0921 e. The molecular weight excluding hydrogens is 188 g/mol. The second-order valence-corrected chi connectivity index (χ2v) is 4.39. The average Bonchev–Trinajstić information content (AvgIpc) is 2.74. The largest absolute Gasteiger partial charge is 0.348 e. The molecule has 0 aliphatic heterocycles. The Morgan fingerprint density at radius 3 is 2.87 bits per heavy atom. The summed E-state index contributed by atoms with van der Waals surface area (Å²) in [6.45, 7) is 1.03. The van der Waals surface area contributed by atoms with Crippen LogP contribution in [0.25, 0.3) is 0 Å². The van der Waals surface area contributed by atoms with Crippen LogP contribution in [0.5, 0.6) is 0 Å². The summed E-state index contributed by atoms with van der Waals surface area (Å²) in [5.74, 6) is 0. The van der Waals surface area contributed by atoms with E-state index in [0.29, 0.717) is 12.1 Å². The van der Waals surface area contributed by atoms with Crippen molar-refractivity contribution in [2.45, 2.75) is 44.2 Å². The van der Waals surface area contributed by atoms with E-state index in [2.05, 4.69) is 15.3 Å². The molecule has 15 heavy (non-hydrogen) atoms. The van der Waals surface area contributed by atoms with E-state index in [1.165, 1.54) is 31.4 Å². The lowest BCUT2D eigenvalue weighted by atomic mass is 9.92. The molecule has 0 unspecified atom stereocenters. The Hall–Kier alpha value is -0.870. The minimum absolute atomic E-state index is 0.440. The van der Waals surface area contributed by atoms with Crippen molar-refractivity contribution in [2.24, 2.45) is 5.73 Å². The van der Waals surface area contributed by atoms with Crippen molar-refractivity contribution in [1.29, 1.82) is 0 Å². The zero-order valence-electron chi connectivity index (χ0n) is 9.08. The molecule has 0 radical (unpaired) electrons. The molecule has 0 amide bonds. The molecule has 1 fully saturated rings. The van der Waals surface area contributed by atoms with Crippen LogP contribution >= 0.6 is 0 Å². The minimum atomic E-state index is 0.440. The van der Waals surface area contributed by atoms with E-state index in [1.54, 1.807) is 6.33 Å². The topological polar surface area (TPSA) is 66.7 Å². The fourth-order valence-electron chi connectivity index (χ4n) is 2.16. The van der Waals surface area contributed by atoms with Gasteiger partial charge in [0.05, 0.1) is 6.33 Å². The summed E-state index contributed by atoms with van der Waals surface area (Å²) < 4.78 is 0. The Bertz CT molecular complexity index is 262. The Labute approximate surface area is 90.7 Å². The maximum absolute atomic E-state index is 5.86. The van der Waals surface area contributed by atoms with Crippen molar-refractivity contribution in [2.75, 3.05) is 6.54 Å². The SMILES string of the molecule is NC1CCC(NCCc2cnc[nH]2)CC1. The molecule has 84 valence electrons. The van der Waals surface area contributed by atoms with Gasteiger partial charge in [-0.15, -0.1) is 0 Å². The Balaban J connectivity index is 1.62. The van der Waals surface area contributed by atoms with Crippen LogP contribution < -0.4 is 11.1 Å². The Kier molecular flexibility index (Phi) is 3.75. The van der Waals surface area contributed by atoms with Gasteiger partial charge in [-0.25, -0.2) is 4.98 Å². The lowest BCUT2D eigenvalue weighted by molar-refractivity contribution is 0.344. The maximum Gasteiger partial charge on any atom is 0.0921 e.